The minimum atomic E-state index is -0.308. The normalized spacial score (nSPS) is 20.9. The van der Waals surface area contributed by atoms with Gasteiger partial charge in [0.2, 0.25) is 11.8 Å². The van der Waals surface area contributed by atoms with Gasteiger partial charge in [-0.25, -0.2) is 0 Å². The molecule has 1 aliphatic rings. The maximum absolute atomic E-state index is 12.5. The summed E-state index contributed by atoms with van der Waals surface area (Å²) in [5.74, 6) is 1.50. The first-order valence-electron chi connectivity index (χ1n) is 9.84. The summed E-state index contributed by atoms with van der Waals surface area (Å²) in [6.07, 6.45) is 4.59. The van der Waals surface area contributed by atoms with Crippen molar-refractivity contribution in [2.24, 2.45) is 17.3 Å². The predicted octanol–water partition coefficient (Wildman–Crippen LogP) is 4.11. The van der Waals surface area contributed by atoms with E-state index in [9.17, 15) is 9.59 Å². The van der Waals surface area contributed by atoms with Crippen molar-refractivity contribution in [3.8, 4) is 0 Å². The van der Waals surface area contributed by atoms with Crippen LogP contribution in [0.2, 0.25) is 0 Å². The van der Waals surface area contributed by atoms with E-state index < -0.39 is 0 Å². The van der Waals surface area contributed by atoms with Crippen LogP contribution in [0, 0.1) is 17.3 Å². The Labute approximate surface area is 154 Å². The largest absolute Gasteiger partial charge is 0.342 e. The second-order valence-corrected chi connectivity index (χ2v) is 8.60. The maximum Gasteiger partial charge on any atom is 0.248 e. The molecule has 0 radical (unpaired) electrons. The van der Waals surface area contributed by atoms with Crippen molar-refractivity contribution >= 4 is 11.8 Å². The lowest BCUT2D eigenvalue weighted by Gasteiger charge is -2.36. The highest BCUT2D eigenvalue weighted by Gasteiger charge is 2.30. The van der Waals surface area contributed by atoms with E-state index in [4.69, 9.17) is 0 Å². The molecule has 0 N–H and O–H groups in total. The fraction of sp³-hybridized carbons (Fsp3) is 0.810. The number of rotatable bonds is 7. The molecule has 1 aliphatic carbocycles. The standard InChI is InChI=1S/C21H38N2O2/c1-8-22(19(24)16(3)4)14-17-10-12-18(13-11-17)15-23(9-2)20(25)21(5,6)7/h17-18H,3,8-15H2,1-2,4-7H3. The zero-order valence-corrected chi connectivity index (χ0v) is 17.2. The molecule has 0 spiro atoms. The molecule has 0 saturated heterocycles. The fourth-order valence-corrected chi connectivity index (χ4v) is 3.68. The molecule has 0 aromatic rings. The van der Waals surface area contributed by atoms with Crippen LogP contribution < -0.4 is 0 Å². The summed E-state index contributed by atoms with van der Waals surface area (Å²) in [5.41, 5.74) is 0.312. The zero-order valence-electron chi connectivity index (χ0n) is 17.2. The summed E-state index contributed by atoms with van der Waals surface area (Å²) in [6.45, 7) is 18.9. The Balaban J connectivity index is 2.51. The van der Waals surface area contributed by atoms with Gasteiger partial charge in [0.25, 0.3) is 0 Å². The predicted molar refractivity (Wildman–Crippen MR) is 104 cm³/mol. The van der Waals surface area contributed by atoms with Crippen molar-refractivity contribution in [3.63, 3.8) is 0 Å². The third-order valence-corrected chi connectivity index (χ3v) is 5.27. The van der Waals surface area contributed by atoms with E-state index in [0.717, 1.165) is 51.9 Å². The van der Waals surface area contributed by atoms with Crippen molar-refractivity contribution in [2.75, 3.05) is 26.2 Å². The van der Waals surface area contributed by atoms with Crippen molar-refractivity contribution < 1.29 is 9.59 Å². The van der Waals surface area contributed by atoms with Gasteiger partial charge in [-0.1, -0.05) is 27.4 Å². The van der Waals surface area contributed by atoms with Crippen molar-refractivity contribution in [1.29, 1.82) is 0 Å². The zero-order chi connectivity index (χ0) is 19.2. The lowest BCUT2D eigenvalue weighted by molar-refractivity contribution is -0.140. The van der Waals surface area contributed by atoms with Crippen LogP contribution in [-0.4, -0.2) is 47.8 Å². The van der Waals surface area contributed by atoms with Crippen LogP contribution in [0.25, 0.3) is 0 Å². The monoisotopic (exact) mass is 350 g/mol. The molecule has 0 bridgehead atoms. The highest BCUT2D eigenvalue weighted by molar-refractivity contribution is 5.92. The quantitative estimate of drug-likeness (QED) is 0.648. The van der Waals surface area contributed by atoms with Crippen LogP contribution in [0.3, 0.4) is 0 Å². The van der Waals surface area contributed by atoms with Gasteiger partial charge in [-0.3, -0.25) is 9.59 Å². The summed E-state index contributed by atoms with van der Waals surface area (Å²) in [5, 5.41) is 0. The molecular weight excluding hydrogens is 312 g/mol. The van der Waals surface area contributed by atoms with Gasteiger partial charge in [-0.05, 0) is 58.3 Å². The number of nitrogens with zero attached hydrogens (tertiary/aromatic N) is 2. The molecule has 4 heteroatoms. The average molecular weight is 351 g/mol. The molecule has 4 nitrogen and oxygen atoms in total. The van der Waals surface area contributed by atoms with Crippen LogP contribution in [0.4, 0.5) is 0 Å². The van der Waals surface area contributed by atoms with E-state index in [1.807, 2.05) is 37.5 Å². The molecule has 1 fully saturated rings. The third kappa shape index (κ3) is 6.48. The van der Waals surface area contributed by atoms with E-state index in [1.165, 1.54) is 0 Å². The summed E-state index contributed by atoms with van der Waals surface area (Å²) in [7, 11) is 0. The molecule has 0 aliphatic heterocycles. The van der Waals surface area contributed by atoms with Gasteiger partial charge in [-0.2, -0.15) is 0 Å². The van der Waals surface area contributed by atoms with Crippen LogP contribution in [0.1, 0.15) is 67.2 Å². The number of hydrogen-bond donors (Lipinski definition) is 0. The smallest absolute Gasteiger partial charge is 0.248 e. The van der Waals surface area contributed by atoms with Crippen LogP contribution in [0.15, 0.2) is 12.2 Å². The van der Waals surface area contributed by atoms with Gasteiger partial charge in [0.05, 0.1) is 0 Å². The SMILES string of the molecule is C=C(C)C(=O)N(CC)CC1CCC(CN(CC)C(=O)C(C)(C)C)CC1. The average Bonchev–Trinajstić information content (AvgIpc) is 2.56. The molecule has 0 heterocycles. The molecule has 25 heavy (non-hydrogen) atoms. The highest BCUT2D eigenvalue weighted by atomic mass is 16.2. The third-order valence-electron chi connectivity index (χ3n) is 5.27. The molecule has 1 rings (SSSR count). The first-order chi connectivity index (χ1) is 11.6. The molecular formula is C21H38N2O2. The first kappa shape index (κ1) is 21.7. The number of hydrogen-bond acceptors (Lipinski definition) is 2. The molecule has 0 aromatic heterocycles. The number of carbonyl (C=O) groups excluding carboxylic acids is 2. The van der Waals surface area contributed by atoms with Gasteiger partial charge >= 0.3 is 0 Å². The van der Waals surface area contributed by atoms with Crippen LogP contribution >= 0.6 is 0 Å². The van der Waals surface area contributed by atoms with Gasteiger partial charge in [0, 0.05) is 37.2 Å². The van der Waals surface area contributed by atoms with E-state index in [0.29, 0.717) is 17.4 Å². The Morgan fingerprint density at radius 3 is 1.64 bits per heavy atom. The van der Waals surface area contributed by atoms with Crippen molar-refractivity contribution in [2.45, 2.75) is 67.2 Å². The number of carbonyl (C=O) groups is 2. The number of likely N-dealkylation sites (N-methyl/N-ethyl adjacent to an activating group) is 1. The molecule has 2 amide bonds. The summed E-state index contributed by atoms with van der Waals surface area (Å²) >= 11 is 0. The van der Waals surface area contributed by atoms with E-state index in [1.54, 1.807) is 6.92 Å². The van der Waals surface area contributed by atoms with E-state index in [2.05, 4.69) is 13.5 Å². The van der Waals surface area contributed by atoms with E-state index in [-0.39, 0.29) is 17.2 Å². The Morgan fingerprint density at radius 2 is 1.32 bits per heavy atom. The maximum atomic E-state index is 12.5. The Bertz CT molecular complexity index is 471. The Hall–Kier alpha value is -1.32. The Kier molecular flexibility index (Phi) is 8.17. The second-order valence-electron chi connectivity index (χ2n) is 8.60. The van der Waals surface area contributed by atoms with E-state index >= 15 is 0 Å². The van der Waals surface area contributed by atoms with Gasteiger partial charge in [0.15, 0.2) is 0 Å². The van der Waals surface area contributed by atoms with Crippen LogP contribution in [-0.2, 0) is 9.59 Å². The number of amides is 2. The Morgan fingerprint density at radius 1 is 0.920 bits per heavy atom. The molecule has 0 unspecified atom stereocenters. The molecule has 144 valence electrons. The minimum absolute atomic E-state index is 0.0811. The minimum Gasteiger partial charge on any atom is -0.342 e. The van der Waals surface area contributed by atoms with Crippen LogP contribution in [0.5, 0.6) is 0 Å². The summed E-state index contributed by atoms with van der Waals surface area (Å²) in [6, 6.07) is 0. The molecule has 0 atom stereocenters. The summed E-state index contributed by atoms with van der Waals surface area (Å²) < 4.78 is 0. The van der Waals surface area contributed by atoms with Crippen molar-refractivity contribution in [3.05, 3.63) is 12.2 Å². The second kappa shape index (κ2) is 9.40. The van der Waals surface area contributed by atoms with Crippen molar-refractivity contribution in [1.82, 2.24) is 9.80 Å². The first-order valence-corrected chi connectivity index (χ1v) is 9.84. The highest BCUT2D eigenvalue weighted by Crippen LogP contribution is 2.31. The molecule has 1 saturated carbocycles. The molecule has 0 aromatic carbocycles. The van der Waals surface area contributed by atoms with Gasteiger partial charge in [-0.15, -0.1) is 0 Å². The summed E-state index contributed by atoms with van der Waals surface area (Å²) in [4.78, 5) is 28.6. The van der Waals surface area contributed by atoms with Gasteiger partial charge in [0.1, 0.15) is 0 Å². The topological polar surface area (TPSA) is 40.6 Å². The van der Waals surface area contributed by atoms with Gasteiger partial charge < -0.3 is 9.80 Å². The fourth-order valence-electron chi connectivity index (χ4n) is 3.68. The lowest BCUT2D eigenvalue weighted by Crippen LogP contribution is -2.43. The lowest BCUT2D eigenvalue weighted by atomic mass is 9.81.